The number of esters is 1. The molecule has 1 aliphatic rings. The number of carbonyl (C=O) groups excluding carboxylic acids is 1. The number of non-ortho nitro benzene ring substituents is 1. The van der Waals surface area contributed by atoms with Crippen molar-refractivity contribution in [3.05, 3.63) is 39.9 Å². The molecule has 17 heavy (non-hydrogen) atoms. The van der Waals surface area contributed by atoms with E-state index < -0.39 is 4.92 Å². The van der Waals surface area contributed by atoms with Crippen LogP contribution < -0.4 is 0 Å². The maximum absolute atomic E-state index is 11.5. The molecule has 0 bridgehead atoms. The Morgan fingerprint density at radius 2 is 2.24 bits per heavy atom. The molecule has 0 atom stereocenters. The third kappa shape index (κ3) is 2.81. The van der Waals surface area contributed by atoms with Crippen LogP contribution in [0, 0.1) is 16.0 Å². The molecule has 5 nitrogen and oxygen atoms in total. The molecule has 0 unspecified atom stereocenters. The maximum atomic E-state index is 11.5. The van der Waals surface area contributed by atoms with Crippen LogP contribution in [0.25, 0.3) is 0 Å². The molecular weight excluding hydrogens is 222 g/mol. The second-order valence-corrected chi connectivity index (χ2v) is 4.16. The molecule has 1 aromatic rings. The van der Waals surface area contributed by atoms with E-state index in [0.717, 1.165) is 19.3 Å². The number of ether oxygens (including phenoxy) is 1. The highest BCUT2D eigenvalue weighted by Gasteiger charge is 2.26. The van der Waals surface area contributed by atoms with Gasteiger partial charge in [-0.25, -0.2) is 0 Å². The summed E-state index contributed by atoms with van der Waals surface area (Å²) < 4.78 is 5.11. The number of nitrogens with zero attached hydrogens (tertiary/aromatic N) is 1. The Morgan fingerprint density at radius 3 is 2.82 bits per heavy atom. The minimum absolute atomic E-state index is 0.0159. The van der Waals surface area contributed by atoms with Crippen LogP contribution in [0.4, 0.5) is 5.69 Å². The number of hydrogen-bond donors (Lipinski definition) is 0. The van der Waals surface area contributed by atoms with Crippen molar-refractivity contribution >= 4 is 11.7 Å². The number of nitro groups is 1. The number of nitro benzene ring substituents is 1. The van der Waals surface area contributed by atoms with Gasteiger partial charge in [-0.1, -0.05) is 18.6 Å². The largest absolute Gasteiger partial charge is 0.461 e. The van der Waals surface area contributed by atoms with Crippen LogP contribution in [0.15, 0.2) is 24.3 Å². The summed E-state index contributed by atoms with van der Waals surface area (Å²) >= 11 is 0. The molecular formula is C12H13NO4. The summed E-state index contributed by atoms with van der Waals surface area (Å²) in [5.41, 5.74) is 0.661. The van der Waals surface area contributed by atoms with Gasteiger partial charge in [0, 0.05) is 12.1 Å². The Labute approximate surface area is 98.5 Å². The van der Waals surface area contributed by atoms with Crippen molar-refractivity contribution in [2.24, 2.45) is 5.92 Å². The maximum Gasteiger partial charge on any atom is 0.309 e. The monoisotopic (exact) mass is 235 g/mol. The molecule has 0 saturated heterocycles. The van der Waals surface area contributed by atoms with Crippen LogP contribution in [0.3, 0.4) is 0 Å². The molecule has 0 N–H and O–H groups in total. The number of carbonyl (C=O) groups is 1. The molecule has 5 heteroatoms. The first-order chi connectivity index (χ1) is 8.16. The second-order valence-electron chi connectivity index (χ2n) is 4.16. The third-order valence-electron chi connectivity index (χ3n) is 2.94. The van der Waals surface area contributed by atoms with Crippen molar-refractivity contribution in [1.29, 1.82) is 0 Å². The summed E-state index contributed by atoms with van der Waals surface area (Å²) in [4.78, 5) is 21.6. The standard InChI is InChI=1S/C12H13NO4/c14-12(10-4-2-5-10)17-8-9-3-1-6-11(7-9)13(15)16/h1,3,6-7,10H,2,4-5,8H2. The molecule has 0 aromatic heterocycles. The summed E-state index contributed by atoms with van der Waals surface area (Å²) in [6.07, 6.45) is 2.87. The van der Waals surface area contributed by atoms with E-state index in [1.54, 1.807) is 12.1 Å². The molecule has 0 heterocycles. The summed E-state index contributed by atoms with van der Waals surface area (Å²) in [5, 5.41) is 10.6. The molecule has 1 aromatic carbocycles. The van der Waals surface area contributed by atoms with Crippen molar-refractivity contribution in [2.45, 2.75) is 25.9 Å². The van der Waals surface area contributed by atoms with Crippen LogP contribution in [0.2, 0.25) is 0 Å². The lowest BCUT2D eigenvalue weighted by molar-refractivity contribution is -0.384. The van der Waals surface area contributed by atoms with Gasteiger partial charge in [-0.2, -0.15) is 0 Å². The van der Waals surface area contributed by atoms with Gasteiger partial charge in [0.1, 0.15) is 6.61 Å². The first kappa shape index (κ1) is 11.6. The third-order valence-corrected chi connectivity index (χ3v) is 2.94. The summed E-state index contributed by atoms with van der Waals surface area (Å²) in [6, 6.07) is 6.14. The fourth-order valence-electron chi connectivity index (χ4n) is 1.68. The zero-order valence-electron chi connectivity index (χ0n) is 9.30. The average molecular weight is 235 g/mol. The van der Waals surface area contributed by atoms with E-state index in [4.69, 9.17) is 4.74 Å². The molecule has 0 amide bonds. The fourth-order valence-corrected chi connectivity index (χ4v) is 1.68. The summed E-state index contributed by atoms with van der Waals surface area (Å²) in [6.45, 7) is 0.108. The number of rotatable bonds is 4. The van der Waals surface area contributed by atoms with Gasteiger partial charge < -0.3 is 4.74 Å². The van der Waals surface area contributed by atoms with Crippen LogP contribution in [0.5, 0.6) is 0 Å². The predicted octanol–water partition coefficient (Wildman–Crippen LogP) is 2.44. The first-order valence-corrected chi connectivity index (χ1v) is 5.57. The van der Waals surface area contributed by atoms with Crippen molar-refractivity contribution in [3.63, 3.8) is 0 Å². The molecule has 90 valence electrons. The SMILES string of the molecule is O=C(OCc1cccc([N+](=O)[O-])c1)C1CCC1. The molecule has 1 saturated carbocycles. The Balaban J connectivity index is 1.91. The van der Waals surface area contributed by atoms with E-state index in [0.29, 0.717) is 5.56 Å². The summed E-state index contributed by atoms with van der Waals surface area (Å²) in [7, 11) is 0. The van der Waals surface area contributed by atoms with Crippen LogP contribution in [-0.4, -0.2) is 10.9 Å². The topological polar surface area (TPSA) is 69.4 Å². The average Bonchev–Trinajstić information content (AvgIpc) is 2.24. The van der Waals surface area contributed by atoms with E-state index in [-0.39, 0.29) is 24.2 Å². The van der Waals surface area contributed by atoms with Gasteiger partial charge in [-0.3, -0.25) is 14.9 Å². The summed E-state index contributed by atoms with van der Waals surface area (Å²) in [5.74, 6) is -0.156. The minimum Gasteiger partial charge on any atom is -0.461 e. The quantitative estimate of drug-likeness (QED) is 0.456. The Hall–Kier alpha value is -1.91. The zero-order valence-corrected chi connectivity index (χ0v) is 9.30. The Bertz CT molecular complexity index is 440. The van der Waals surface area contributed by atoms with Gasteiger partial charge >= 0.3 is 5.97 Å². The number of hydrogen-bond acceptors (Lipinski definition) is 4. The van der Waals surface area contributed by atoms with Gasteiger partial charge in [-0.15, -0.1) is 0 Å². The van der Waals surface area contributed by atoms with E-state index in [2.05, 4.69) is 0 Å². The second kappa shape index (κ2) is 4.95. The number of benzene rings is 1. The molecule has 0 aliphatic heterocycles. The Morgan fingerprint density at radius 1 is 1.47 bits per heavy atom. The van der Waals surface area contributed by atoms with Crippen LogP contribution >= 0.6 is 0 Å². The lowest BCUT2D eigenvalue weighted by atomic mass is 9.86. The van der Waals surface area contributed by atoms with Crippen molar-refractivity contribution < 1.29 is 14.5 Å². The highest BCUT2D eigenvalue weighted by atomic mass is 16.6. The van der Waals surface area contributed by atoms with E-state index in [9.17, 15) is 14.9 Å². The first-order valence-electron chi connectivity index (χ1n) is 5.57. The molecule has 0 spiro atoms. The van der Waals surface area contributed by atoms with E-state index in [1.165, 1.54) is 12.1 Å². The van der Waals surface area contributed by atoms with Crippen molar-refractivity contribution in [2.75, 3.05) is 0 Å². The molecule has 1 fully saturated rings. The van der Waals surface area contributed by atoms with Gasteiger partial charge in [0.2, 0.25) is 0 Å². The zero-order chi connectivity index (χ0) is 12.3. The molecule has 0 radical (unpaired) electrons. The molecule has 2 rings (SSSR count). The lowest BCUT2D eigenvalue weighted by Crippen LogP contribution is -2.23. The van der Waals surface area contributed by atoms with Gasteiger partial charge in [-0.05, 0) is 18.4 Å². The smallest absolute Gasteiger partial charge is 0.309 e. The van der Waals surface area contributed by atoms with Gasteiger partial charge in [0.15, 0.2) is 0 Å². The highest BCUT2D eigenvalue weighted by molar-refractivity contribution is 5.73. The normalized spacial score (nSPS) is 15.1. The van der Waals surface area contributed by atoms with Gasteiger partial charge in [0.05, 0.1) is 10.8 Å². The van der Waals surface area contributed by atoms with E-state index >= 15 is 0 Å². The van der Waals surface area contributed by atoms with E-state index in [1.807, 2.05) is 0 Å². The Kier molecular flexibility index (Phi) is 3.37. The lowest BCUT2D eigenvalue weighted by Gasteiger charge is -2.22. The fraction of sp³-hybridized carbons (Fsp3) is 0.417. The van der Waals surface area contributed by atoms with Crippen molar-refractivity contribution in [3.8, 4) is 0 Å². The van der Waals surface area contributed by atoms with Gasteiger partial charge in [0.25, 0.3) is 5.69 Å². The van der Waals surface area contributed by atoms with Crippen LogP contribution in [-0.2, 0) is 16.1 Å². The van der Waals surface area contributed by atoms with Crippen molar-refractivity contribution in [1.82, 2.24) is 0 Å². The van der Waals surface area contributed by atoms with Crippen LogP contribution in [0.1, 0.15) is 24.8 Å². The molecule has 1 aliphatic carbocycles. The highest BCUT2D eigenvalue weighted by Crippen LogP contribution is 2.27. The predicted molar refractivity (Wildman–Crippen MR) is 60.2 cm³/mol. The minimum atomic E-state index is -0.461.